The molecule has 0 atom stereocenters. The quantitative estimate of drug-likeness (QED) is 0.506. The van der Waals surface area contributed by atoms with Crippen molar-refractivity contribution in [2.75, 3.05) is 0 Å². The first-order valence-corrected chi connectivity index (χ1v) is 8.12. The largest absolute Gasteiger partial charge is 0.346 e. The number of nitrogens with zero attached hydrogens (tertiary/aromatic N) is 3. The molecule has 4 heterocycles. The van der Waals surface area contributed by atoms with Crippen molar-refractivity contribution in [2.24, 2.45) is 0 Å². The molecule has 0 saturated heterocycles. The van der Waals surface area contributed by atoms with Gasteiger partial charge >= 0.3 is 0 Å². The minimum Gasteiger partial charge on any atom is -0.346 e. The van der Waals surface area contributed by atoms with Crippen molar-refractivity contribution in [3.05, 3.63) is 79.5 Å². The molecule has 1 N–H and O–H groups in total. The molecule has 0 unspecified atom stereocenters. The second-order valence-electron chi connectivity index (χ2n) is 5.93. The molecule has 5 aromatic rings. The van der Waals surface area contributed by atoms with Crippen LogP contribution in [0.1, 0.15) is 0 Å². The van der Waals surface area contributed by atoms with Gasteiger partial charge < -0.3 is 4.98 Å². The number of rotatable bonds is 2. The number of fused-ring (bicyclic) bond motifs is 2. The van der Waals surface area contributed by atoms with Crippen molar-refractivity contribution in [1.82, 2.24) is 19.9 Å². The number of aromatic amines is 1. The Morgan fingerprint density at radius 3 is 2.52 bits per heavy atom. The van der Waals surface area contributed by atoms with E-state index in [9.17, 15) is 0 Å². The predicted octanol–water partition coefficient (Wildman–Crippen LogP) is 4.84. The SMILES string of the molecule is c1cnc2[nH]cc(-c3ccc4nccc(-c5ccncc5)c4c3)c2c1. The summed E-state index contributed by atoms with van der Waals surface area (Å²) < 4.78 is 0. The number of H-pyrrole nitrogens is 1. The summed E-state index contributed by atoms with van der Waals surface area (Å²) in [5.74, 6) is 0. The Labute approximate surface area is 144 Å². The molecule has 4 aromatic heterocycles. The second-order valence-corrected chi connectivity index (χ2v) is 5.93. The number of hydrogen-bond acceptors (Lipinski definition) is 3. The monoisotopic (exact) mass is 322 g/mol. The Bertz CT molecular complexity index is 1190. The van der Waals surface area contributed by atoms with Gasteiger partial charge in [0.1, 0.15) is 5.65 Å². The third kappa shape index (κ3) is 2.27. The molecule has 0 fully saturated rings. The van der Waals surface area contributed by atoms with Crippen molar-refractivity contribution in [1.29, 1.82) is 0 Å². The van der Waals surface area contributed by atoms with E-state index in [0.717, 1.165) is 44.2 Å². The number of nitrogens with one attached hydrogen (secondary N) is 1. The number of benzene rings is 1. The smallest absolute Gasteiger partial charge is 0.137 e. The molecule has 0 amide bonds. The van der Waals surface area contributed by atoms with E-state index in [0.29, 0.717) is 0 Å². The summed E-state index contributed by atoms with van der Waals surface area (Å²) in [4.78, 5) is 16.3. The number of hydrogen-bond donors (Lipinski definition) is 1. The van der Waals surface area contributed by atoms with Gasteiger partial charge in [-0.3, -0.25) is 9.97 Å². The minimum absolute atomic E-state index is 0.901. The van der Waals surface area contributed by atoms with Crippen LogP contribution >= 0.6 is 0 Å². The van der Waals surface area contributed by atoms with E-state index in [1.165, 1.54) is 0 Å². The van der Waals surface area contributed by atoms with Crippen LogP contribution < -0.4 is 0 Å². The summed E-state index contributed by atoms with van der Waals surface area (Å²) >= 11 is 0. The molecule has 0 bridgehead atoms. The topological polar surface area (TPSA) is 54.5 Å². The van der Waals surface area contributed by atoms with Crippen LogP contribution in [-0.4, -0.2) is 19.9 Å². The Kier molecular flexibility index (Phi) is 3.07. The molecular weight excluding hydrogens is 308 g/mol. The average Bonchev–Trinajstić information content (AvgIpc) is 3.12. The van der Waals surface area contributed by atoms with Crippen LogP contribution in [0.4, 0.5) is 0 Å². The van der Waals surface area contributed by atoms with Crippen molar-refractivity contribution in [2.45, 2.75) is 0 Å². The van der Waals surface area contributed by atoms with E-state index < -0.39 is 0 Å². The lowest BCUT2D eigenvalue weighted by atomic mass is 9.98. The van der Waals surface area contributed by atoms with Gasteiger partial charge in [-0.2, -0.15) is 0 Å². The van der Waals surface area contributed by atoms with Gasteiger partial charge in [-0.1, -0.05) is 6.07 Å². The van der Waals surface area contributed by atoms with Gasteiger partial charge in [0.15, 0.2) is 0 Å². The molecular formula is C21H14N4. The maximum absolute atomic E-state index is 4.52. The molecule has 0 aliphatic rings. The van der Waals surface area contributed by atoms with Gasteiger partial charge in [-0.15, -0.1) is 0 Å². The lowest BCUT2D eigenvalue weighted by Gasteiger charge is -2.08. The predicted molar refractivity (Wildman–Crippen MR) is 100 cm³/mol. The summed E-state index contributed by atoms with van der Waals surface area (Å²) in [7, 11) is 0. The van der Waals surface area contributed by atoms with Crippen molar-refractivity contribution in [3.63, 3.8) is 0 Å². The fourth-order valence-corrected chi connectivity index (χ4v) is 3.29. The second kappa shape index (κ2) is 5.53. The lowest BCUT2D eigenvalue weighted by Crippen LogP contribution is -1.86. The molecule has 0 saturated carbocycles. The lowest BCUT2D eigenvalue weighted by molar-refractivity contribution is 1.33. The van der Waals surface area contributed by atoms with Crippen LogP contribution in [0.3, 0.4) is 0 Å². The third-order valence-electron chi connectivity index (χ3n) is 4.49. The van der Waals surface area contributed by atoms with Crippen LogP contribution in [0.15, 0.2) is 79.5 Å². The summed E-state index contributed by atoms with van der Waals surface area (Å²) in [6.07, 6.45) is 9.30. The fourth-order valence-electron chi connectivity index (χ4n) is 3.29. The van der Waals surface area contributed by atoms with Gasteiger partial charge in [0.25, 0.3) is 0 Å². The molecule has 0 aliphatic heterocycles. The van der Waals surface area contributed by atoms with E-state index in [1.54, 1.807) is 6.20 Å². The van der Waals surface area contributed by atoms with E-state index in [-0.39, 0.29) is 0 Å². The molecule has 118 valence electrons. The van der Waals surface area contributed by atoms with Gasteiger partial charge in [-0.25, -0.2) is 4.98 Å². The number of aromatic nitrogens is 4. The van der Waals surface area contributed by atoms with Crippen molar-refractivity contribution >= 4 is 21.9 Å². The molecule has 1 aromatic carbocycles. The normalized spacial score (nSPS) is 11.2. The maximum atomic E-state index is 4.52. The summed E-state index contributed by atoms with van der Waals surface area (Å²) in [5, 5.41) is 2.25. The highest BCUT2D eigenvalue weighted by Crippen LogP contribution is 2.33. The van der Waals surface area contributed by atoms with Crippen LogP contribution in [0.5, 0.6) is 0 Å². The van der Waals surface area contributed by atoms with E-state index in [2.05, 4.69) is 50.3 Å². The molecule has 0 aliphatic carbocycles. The molecule has 4 heteroatoms. The molecule has 0 radical (unpaired) electrons. The highest BCUT2D eigenvalue weighted by molar-refractivity contribution is 6.00. The molecule has 4 nitrogen and oxygen atoms in total. The van der Waals surface area contributed by atoms with Crippen molar-refractivity contribution < 1.29 is 0 Å². The van der Waals surface area contributed by atoms with E-state index >= 15 is 0 Å². The van der Waals surface area contributed by atoms with Gasteiger partial charge in [0.05, 0.1) is 5.52 Å². The maximum Gasteiger partial charge on any atom is 0.137 e. The fraction of sp³-hybridized carbons (Fsp3) is 0. The average molecular weight is 322 g/mol. The van der Waals surface area contributed by atoms with E-state index in [4.69, 9.17) is 0 Å². The standard InChI is InChI=1S/C21H14N4/c1-2-17-19(13-25-21(17)24-8-1)15-3-4-20-18(12-15)16(7-11-23-20)14-5-9-22-10-6-14/h1-13H,(H,24,25). The Morgan fingerprint density at radius 2 is 1.60 bits per heavy atom. The molecule has 25 heavy (non-hydrogen) atoms. The minimum atomic E-state index is 0.901. The van der Waals surface area contributed by atoms with Gasteiger partial charge in [-0.05, 0) is 59.2 Å². The Balaban J connectivity index is 1.76. The summed E-state index contributed by atoms with van der Waals surface area (Å²) in [6.45, 7) is 0. The van der Waals surface area contributed by atoms with Crippen molar-refractivity contribution in [3.8, 4) is 22.3 Å². The Morgan fingerprint density at radius 1 is 0.680 bits per heavy atom. The molecule has 5 rings (SSSR count). The zero-order valence-electron chi connectivity index (χ0n) is 13.3. The third-order valence-corrected chi connectivity index (χ3v) is 4.49. The summed E-state index contributed by atoms with van der Waals surface area (Å²) in [6, 6.07) is 16.5. The highest BCUT2D eigenvalue weighted by Gasteiger charge is 2.10. The first-order valence-electron chi connectivity index (χ1n) is 8.12. The highest BCUT2D eigenvalue weighted by atomic mass is 14.8. The number of pyridine rings is 3. The summed E-state index contributed by atoms with van der Waals surface area (Å²) in [5.41, 5.74) is 6.48. The molecule has 0 spiro atoms. The van der Waals surface area contributed by atoms with Gasteiger partial charge in [0, 0.05) is 47.3 Å². The van der Waals surface area contributed by atoms with Crippen LogP contribution in [0.2, 0.25) is 0 Å². The van der Waals surface area contributed by atoms with Crippen LogP contribution in [0.25, 0.3) is 44.2 Å². The van der Waals surface area contributed by atoms with Crippen LogP contribution in [0, 0.1) is 0 Å². The Hall–Kier alpha value is -3.53. The first-order chi connectivity index (χ1) is 12.4. The van der Waals surface area contributed by atoms with E-state index in [1.807, 2.05) is 43.0 Å². The first kappa shape index (κ1) is 13.9. The zero-order valence-corrected chi connectivity index (χ0v) is 13.3. The van der Waals surface area contributed by atoms with Gasteiger partial charge in [0.2, 0.25) is 0 Å². The zero-order chi connectivity index (χ0) is 16.6. The van der Waals surface area contributed by atoms with Crippen LogP contribution in [-0.2, 0) is 0 Å².